The zero-order valence-corrected chi connectivity index (χ0v) is 17.9. The molecule has 32 heavy (non-hydrogen) atoms. The fourth-order valence-corrected chi connectivity index (χ4v) is 4.41. The van der Waals surface area contributed by atoms with Crippen molar-refractivity contribution in [3.63, 3.8) is 0 Å². The number of hydrogen-bond acceptors (Lipinski definition) is 7. The number of pyridine rings is 1. The Morgan fingerprint density at radius 3 is 2.62 bits per heavy atom. The van der Waals surface area contributed by atoms with Crippen LogP contribution in [0, 0.1) is 11.6 Å². The fraction of sp³-hybridized carbons (Fsp3) is 0.455. The molecule has 2 saturated heterocycles. The fourth-order valence-electron chi connectivity index (χ4n) is 4.41. The van der Waals surface area contributed by atoms with Gasteiger partial charge < -0.3 is 9.64 Å². The molecular weight excluding hydrogens is 416 g/mol. The molecule has 0 bridgehead atoms. The van der Waals surface area contributed by atoms with Crippen molar-refractivity contribution in [2.45, 2.75) is 25.0 Å². The minimum atomic E-state index is -0.879. The van der Waals surface area contributed by atoms with Gasteiger partial charge >= 0.3 is 0 Å². The molecule has 3 aromatic rings. The van der Waals surface area contributed by atoms with Crippen LogP contribution in [0.15, 0.2) is 42.6 Å². The average molecular weight is 441 g/mol. The zero-order valence-electron chi connectivity index (χ0n) is 17.9. The molecule has 2 aromatic heterocycles. The van der Waals surface area contributed by atoms with E-state index < -0.39 is 17.2 Å². The molecule has 5 rings (SSSR count). The summed E-state index contributed by atoms with van der Waals surface area (Å²) in [7, 11) is 0. The van der Waals surface area contributed by atoms with Crippen molar-refractivity contribution in [3.8, 4) is 0 Å². The highest BCUT2D eigenvalue weighted by molar-refractivity contribution is 5.38. The number of tetrazole rings is 1. The van der Waals surface area contributed by atoms with Gasteiger partial charge in [-0.05, 0) is 35.5 Å². The van der Waals surface area contributed by atoms with Crippen LogP contribution >= 0.6 is 0 Å². The van der Waals surface area contributed by atoms with E-state index in [-0.39, 0.29) is 6.04 Å². The van der Waals surface area contributed by atoms with Crippen molar-refractivity contribution in [2.75, 3.05) is 44.2 Å². The molecule has 2 atom stereocenters. The highest BCUT2D eigenvalue weighted by Crippen LogP contribution is 2.48. The summed E-state index contributed by atoms with van der Waals surface area (Å²) >= 11 is 0. The zero-order chi connectivity index (χ0) is 22.1. The van der Waals surface area contributed by atoms with Gasteiger partial charge in [0, 0.05) is 57.0 Å². The van der Waals surface area contributed by atoms with Gasteiger partial charge in [-0.3, -0.25) is 4.90 Å². The van der Waals surface area contributed by atoms with Gasteiger partial charge in [-0.1, -0.05) is 12.1 Å². The van der Waals surface area contributed by atoms with E-state index in [4.69, 9.17) is 4.74 Å². The van der Waals surface area contributed by atoms with Crippen LogP contribution in [0.1, 0.15) is 24.4 Å². The van der Waals surface area contributed by atoms with Crippen LogP contribution in [0.5, 0.6) is 0 Å². The van der Waals surface area contributed by atoms with Crippen molar-refractivity contribution in [3.05, 3.63) is 65.6 Å². The van der Waals surface area contributed by atoms with Gasteiger partial charge in [-0.25, -0.2) is 18.4 Å². The number of ether oxygens (including phenoxy) is 1. The van der Waals surface area contributed by atoms with E-state index in [1.54, 1.807) is 4.68 Å². The summed E-state index contributed by atoms with van der Waals surface area (Å²) in [6.45, 7) is 6.76. The average Bonchev–Trinajstić information content (AvgIpc) is 3.48. The minimum Gasteiger partial charge on any atom is -0.362 e. The predicted octanol–water partition coefficient (Wildman–Crippen LogP) is 2.20. The Bertz CT molecular complexity index is 1070. The third-order valence-corrected chi connectivity index (χ3v) is 6.44. The van der Waals surface area contributed by atoms with Crippen molar-refractivity contribution in [1.82, 2.24) is 30.1 Å². The summed E-state index contributed by atoms with van der Waals surface area (Å²) in [6.07, 6.45) is 2.49. The number of halogens is 2. The Balaban J connectivity index is 1.22. The summed E-state index contributed by atoms with van der Waals surface area (Å²) in [5, 5.41) is 12.2. The van der Waals surface area contributed by atoms with Crippen molar-refractivity contribution in [1.29, 1.82) is 0 Å². The lowest BCUT2D eigenvalue weighted by Crippen LogP contribution is -2.47. The largest absolute Gasteiger partial charge is 0.362 e. The molecule has 168 valence electrons. The lowest BCUT2D eigenvalue weighted by Gasteiger charge is -2.35. The molecule has 0 radical (unpaired) electrons. The van der Waals surface area contributed by atoms with Gasteiger partial charge in [0.15, 0.2) is 5.82 Å². The topological polar surface area (TPSA) is 75.5 Å². The predicted molar refractivity (Wildman–Crippen MR) is 113 cm³/mol. The Morgan fingerprint density at radius 1 is 1.12 bits per heavy atom. The summed E-state index contributed by atoms with van der Waals surface area (Å²) in [5.74, 6) is 0.505. The number of hydrogen-bond donors (Lipinski definition) is 0. The molecule has 10 heteroatoms. The molecule has 0 aliphatic carbocycles. The smallest absolute Gasteiger partial charge is 0.153 e. The summed E-state index contributed by atoms with van der Waals surface area (Å²) in [4.78, 5) is 9.09. The molecular formula is C22H25F2N7O. The molecule has 1 aromatic carbocycles. The van der Waals surface area contributed by atoms with Gasteiger partial charge in [-0.2, -0.15) is 0 Å². The van der Waals surface area contributed by atoms with Crippen LogP contribution in [0.3, 0.4) is 0 Å². The van der Waals surface area contributed by atoms with Gasteiger partial charge in [0.05, 0.1) is 12.6 Å². The monoisotopic (exact) mass is 441 g/mol. The molecule has 0 spiro atoms. The van der Waals surface area contributed by atoms with Crippen LogP contribution in [0.2, 0.25) is 0 Å². The van der Waals surface area contributed by atoms with Gasteiger partial charge in [-0.15, -0.1) is 5.10 Å². The maximum atomic E-state index is 14.4. The van der Waals surface area contributed by atoms with Crippen molar-refractivity contribution in [2.24, 2.45) is 0 Å². The maximum Gasteiger partial charge on any atom is 0.153 e. The summed E-state index contributed by atoms with van der Waals surface area (Å²) in [6, 6.07) is 9.21. The Labute approximate surface area is 184 Å². The minimum absolute atomic E-state index is 0.325. The number of anilines is 1. The van der Waals surface area contributed by atoms with Crippen molar-refractivity contribution >= 4 is 5.82 Å². The molecule has 0 amide bonds. The second-order valence-electron chi connectivity index (χ2n) is 8.28. The Kier molecular flexibility index (Phi) is 5.56. The Morgan fingerprint density at radius 2 is 1.94 bits per heavy atom. The second kappa shape index (κ2) is 8.51. The van der Waals surface area contributed by atoms with E-state index >= 15 is 0 Å². The van der Waals surface area contributed by atoms with E-state index in [1.807, 2.05) is 31.3 Å². The standard InChI is InChI=1S/C22H25F2N7O/c1-16(22(15-32-22)18-6-5-17(23)14-19(18)24)31-21(26-27-28-31)7-9-29-10-12-30(13-11-29)20-4-2-3-8-25-20/h2-6,8,14,16H,7,9-13,15H2,1H3. The Hall–Kier alpha value is -2.98. The third-order valence-electron chi connectivity index (χ3n) is 6.44. The number of epoxide rings is 1. The number of piperazine rings is 1. The first-order valence-electron chi connectivity index (χ1n) is 10.8. The summed E-state index contributed by atoms with van der Waals surface area (Å²) < 4.78 is 35.2. The van der Waals surface area contributed by atoms with Gasteiger partial charge in [0.2, 0.25) is 0 Å². The molecule has 2 aliphatic rings. The van der Waals surface area contributed by atoms with Gasteiger partial charge in [0.25, 0.3) is 0 Å². The van der Waals surface area contributed by atoms with E-state index in [2.05, 4.69) is 30.3 Å². The van der Waals surface area contributed by atoms with Crippen molar-refractivity contribution < 1.29 is 13.5 Å². The number of benzene rings is 1. The maximum absolute atomic E-state index is 14.4. The van der Waals surface area contributed by atoms with Gasteiger partial charge in [0.1, 0.15) is 23.1 Å². The number of aromatic nitrogens is 5. The third kappa shape index (κ3) is 3.95. The molecule has 0 N–H and O–H groups in total. The molecule has 2 fully saturated rings. The lowest BCUT2D eigenvalue weighted by atomic mass is 9.92. The number of nitrogens with zero attached hydrogens (tertiary/aromatic N) is 7. The van der Waals surface area contributed by atoms with Crippen LogP contribution in [0.4, 0.5) is 14.6 Å². The number of rotatable bonds is 7. The normalized spacial score (nSPS) is 22.2. The van der Waals surface area contributed by atoms with E-state index in [1.165, 1.54) is 12.1 Å². The first kappa shape index (κ1) is 20.9. The molecule has 0 saturated carbocycles. The quantitative estimate of drug-likeness (QED) is 0.521. The van der Waals surface area contributed by atoms with Crippen LogP contribution in [0.25, 0.3) is 0 Å². The van der Waals surface area contributed by atoms with E-state index in [0.717, 1.165) is 50.4 Å². The first-order chi connectivity index (χ1) is 15.6. The molecule has 2 aliphatic heterocycles. The highest BCUT2D eigenvalue weighted by Gasteiger charge is 2.54. The van der Waals surface area contributed by atoms with Crippen LogP contribution < -0.4 is 4.90 Å². The lowest BCUT2D eigenvalue weighted by molar-refractivity contribution is 0.206. The molecule has 4 heterocycles. The SMILES string of the molecule is CC(n1nnnc1CCN1CCN(c2ccccn2)CC1)C1(c2ccc(F)cc2F)CO1. The molecule has 8 nitrogen and oxygen atoms in total. The van der Waals surface area contributed by atoms with Crippen LogP contribution in [-0.4, -0.2) is 69.4 Å². The summed E-state index contributed by atoms with van der Waals surface area (Å²) in [5.41, 5.74) is -0.547. The molecule has 2 unspecified atom stereocenters. The van der Waals surface area contributed by atoms with E-state index in [0.29, 0.717) is 18.6 Å². The first-order valence-corrected chi connectivity index (χ1v) is 10.8. The van der Waals surface area contributed by atoms with Crippen LogP contribution in [-0.2, 0) is 16.8 Å². The van der Waals surface area contributed by atoms with E-state index in [9.17, 15) is 8.78 Å². The highest BCUT2D eigenvalue weighted by atomic mass is 19.1. The second-order valence-corrected chi connectivity index (χ2v) is 8.28.